The van der Waals surface area contributed by atoms with Crippen LogP contribution in [0.5, 0.6) is 0 Å². The lowest BCUT2D eigenvalue weighted by atomic mass is 9.74. The first kappa shape index (κ1) is 22.5. The Morgan fingerprint density at radius 1 is 1.15 bits per heavy atom. The number of thioether (sulfide) groups is 1. The fourth-order valence-electron chi connectivity index (χ4n) is 5.72. The summed E-state index contributed by atoms with van der Waals surface area (Å²) in [6.45, 7) is 2.21. The van der Waals surface area contributed by atoms with Crippen LogP contribution in [0.2, 0.25) is 5.02 Å². The lowest BCUT2D eigenvalue weighted by Crippen LogP contribution is -2.54. The third-order valence-electron chi connectivity index (χ3n) is 7.00. The molecule has 33 heavy (non-hydrogen) atoms. The number of esters is 1. The van der Waals surface area contributed by atoms with E-state index < -0.39 is 33.3 Å². The van der Waals surface area contributed by atoms with Crippen LogP contribution >= 0.6 is 23.4 Å². The minimum atomic E-state index is -0.966. The van der Waals surface area contributed by atoms with Gasteiger partial charge < -0.3 is 19.6 Å². The van der Waals surface area contributed by atoms with Crippen molar-refractivity contribution < 1.29 is 24.2 Å². The second-order valence-corrected chi connectivity index (χ2v) is 11.1. The van der Waals surface area contributed by atoms with Gasteiger partial charge in [0, 0.05) is 17.8 Å². The number of likely N-dealkylation sites (tertiary alicyclic amines) is 1. The monoisotopic (exact) mass is 488 g/mol. The molecule has 4 aliphatic heterocycles. The molecule has 9 heteroatoms. The molecule has 5 rings (SSSR count). The van der Waals surface area contributed by atoms with Gasteiger partial charge in [0.05, 0.1) is 40.5 Å². The van der Waals surface area contributed by atoms with Gasteiger partial charge in [-0.25, -0.2) is 0 Å². The Hall–Kier alpha value is -2.29. The molecule has 0 saturated carbocycles. The average Bonchev–Trinajstić information content (AvgIpc) is 3.08. The first-order chi connectivity index (χ1) is 15.8. The Balaban J connectivity index is 1.66. The Kier molecular flexibility index (Phi) is 5.58. The number of carbonyl (C=O) groups is 3. The van der Waals surface area contributed by atoms with Gasteiger partial charge in [-0.2, -0.15) is 0 Å². The minimum Gasteiger partial charge on any atom is -0.465 e. The fourth-order valence-corrected chi connectivity index (χ4v) is 8.11. The van der Waals surface area contributed by atoms with Crippen LogP contribution in [0.3, 0.4) is 0 Å². The van der Waals surface area contributed by atoms with Gasteiger partial charge in [-0.05, 0) is 25.5 Å². The maximum atomic E-state index is 14.1. The van der Waals surface area contributed by atoms with Crippen LogP contribution in [0.4, 0.5) is 5.69 Å². The number of aliphatic hydroxyl groups is 1. The lowest BCUT2D eigenvalue weighted by molar-refractivity contribution is -0.154. The van der Waals surface area contributed by atoms with Gasteiger partial charge in [0.25, 0.3) is 5.91 Å². The smallest absolute Gasteiger partial charge is 0.311 e. The van der Waals surface area contributed by atoms with E-state index in [4.69, 9.17) is 16.3 Å². The van der Waals surface area contributed by atoms with Crippen LogP contribution in [0.1, 0.15) is 13.3 Å². The predicted octanol–water partition coefficient (Wildman–Crippen LogP) is 2.43. The number of fused-ring (bicyclic) bond motifs is 2. The SMILES string of the molecule is C[C@]12C=CCCOC(=O)[C@H]1[C@H]1C(=O)N(CCO)C3C(=O)N(c4ccccc4Cl)CC=C[C@@]31S2. The van der Waals surface area contributed by atoms with Gasteiger partial charge >= 0.3 is 5.97 Å². The number of benzene rings is 1. The quantitative estimate of drug-likeness (QED) is 0.519. The number of hydrogen-bond acceptors (Lipinski definition) is 6. The van der Waals surface area contributed by atoms with Crippen LogP contribution in [0.15, 0.2) is 48.6 Å². The molecule has 1 aromatic rings. The average molecular weight is 489 g/mol. The van der Waals surface area contributed by atoms with Gasteiger partial charge in [0.1, 0.15) is 6.04 Å². The van der Waals surface area contributed by atoms with E-state index in [0.717, 1.165) is 0 Å². The van der Waals surface area contributed by atoms with Crippen LogP contribution in [0, 0.1) is 11.8 Å². The van der Waals surface area contributed by atoms with Crippen molar-refractivity contribution in [3.05, 3.63) is 53.6 Å². The number of amides is 2. The first-order valence-electron chi connectivity index (χ1n) is 11.0. The summed E-state index contributed by atoms with van der Waals surface area (Å²) in [6, 6.07) is 6.21. The molecule has 1 spiro atoms. The van der Waals surface area contributed by atoms with E-state index in [-0.39, 0.29) is 38.1 Å². The van der Waals surface area contributed by atoms with E-state index in [0.29, 0.717) is 17.1 Å². The molecule has 1 aromatic carbocycles. The standard InChI is InChI=1S/C24H25ClN2O5S/c1-23-9-4-5-14-32-22(31)18(23)17-20(29)27(12-13-28)19-21(30)26(11-6-10-24(17,19)33-23)16-8-3-2-7-15(16)25/h2-4,6-10,17-19,28H,5,11-14H2,1H3/t17-,18+,19?,23-,24-/m0/s1. The number of rotatable bonds is 3. The molecule has 4 aliphatic rings. The Bertz CT molecular complexity index is 1080. The number of ether oxygens (including phenoxy) is 1. The Labute approximate surface area is 201 Å². The highest BCUT2D eigenvalue weighted by atomic mass is 35.5. The summed E-state index contributed by atoms with van der Waals surface area (Å²) >= 11 is 7.90. The number of anilines is 1. The second-order valence-electron chi connectivity index (χ2n) is 8.91. The van der Waals surface area contributed by atoms with E-state index in [2.05, 4.69) is 0 Å². The van der Waals surface area contributed by atoms with Crippen molar-refractivity contribution in [1.29, 1.82) is 0 Å². The Morgan fingerprint density at radius 2 is 1.94 bits per heavy atom. The predicted molar refractivity (Wildman–Crippen MR) is 126 cm³/mol. The number of nitrogens with zero attached hydrogens (tertiary/aromatic N) is 2. The van der Waals surface area contributed by atoms with E-state index in [9.17, 15) is 19.5 Å². The van der Waals surface area contributed by atoms with E-state index in [1.807, 2.05) is 31.2 Å². The zero-order valence-electron chi connectivity index (χ0n) is 18.1. The summed E-state index contributed by atoms with van der Waals surface area (Å²) in [4.78, 5) is 44.0. The molecule has 0 radical (unpaired) electrons. The summed E-state index contributed by atoms with van der Waals surface area (Å²) < 4.78 is 3.83. The van der Waals surface area contributed by atoms with E-state index in [1.54, 1.807) is 29.2 Å². The summed E-state index contributed by atoms with van der Waals surface area (Å²) in [7, 11) is 0. The third-order valence-corrected chi connectivity index (χ3v) is 9.12. The van der Waals surface area contributed by atoms with Gasteiger partial charge in [0.2, 0.25) is 5.91 Å². The first-order valence-corrected chi connectivity index (χ1v) is 12.2. The van der Waals surface area contributed by atoms with Gasteiger partial charge in [-0.15, -0.1) is 11.8 Å². The molecule has 5 atom stereocenters. The maximum Gasteiger partial charge on any atom is 0.311 e. The molecule has 2 fully saturated rings. The Morgan fingerprint density at radius 3 is 2.70 bits per heavy atom. The van der Waals surface area contributed by atoms with Crippen molar-refractivity contribution >= 4 is 46.8 Å². The minimum absolute atomic E-state index is 0.00652. The summed E-state index contributed by atoms with van der Waals surface area (Å²) in [5, 5.41) is 10.2. The fraction of sp³-hybridized carbons (Fsp3) is 0.458. The van der Waals surface area contributed by atoms with Crippen molar-refractivity contribution in [3.8, 4) is 0 Å². The molecule has 2 saturated heterocycles. The summed E-state index contributed by atoms with van der Waals surface area (Å²) in [6.07, 6.45) is 8.39. The largest absolute Gasteiger partial charge is 0.465 e. The number of halogens is 1. The van der Waals surface area contributed by atoms with E-state index >= 15 is 0 Å². The molecule has 174 valence electrons. The van der Waals surface area contributed by atoms with Crippen LogP contribution < -0.4 is 4.90 Å². The molecule has 1 unspecified atom stereocenters. The third kappa shape index (κ3) is 3.26. The molecular formula is C24H25ClN2O5S. The van der Waals surface area contributed by atoms with Crippen LogP contribution in [0.25, 0.3) is 0 Å². The molecule has 0 aliphatic carbocycles. The molecule has 2 amide bonds. The highest BCUT2D eigenvalue weighted by molar-refractivity contribution is 8.02. The second kappa shape index (κ2) is 8.18. The van der Waals surface area contributed by atoms with Gasteiger partial charge in [-0.1, -0.05) is 48.0 Å². The zero-order chi connectivity index (χ0) is 23.4. The number of hydrogen-bond donors (Lipinski definition) is 1. The molecule has 7 nitrogen and oxygen atoms in total. The van der Waals surface area contributed by atoms with Crippen molar-refractivity contribution in [1.82, 2.24) is 4.90 Å². The maximum absolute atomic E-state index is 14.1. The number of β-amino-alcohol motifs (C(OH)–C–C–N with tert-alkyl or cyclic N) is 1. The van der Waals surface area contributed by atoms with Crippen molar-refractivity contribution in [2.45, 2.75) is 28.9 Å². The highest BCUT2D eigenvalue weighted by Gasteiger charge is 2.73. The van der Waals surface area contributed by atoms with Crippen molar-refractivity contribution in [2.75, 3.05) is 31.2 Å². The molecule has 0 bridgehead atoms. The molecule has 0 aromatic heterocycles. The summed E-state index contributed by atoms with van der Waals surface area (Å²) in [5.41, 5.74) is 0.560. The van der Waals surface area contributed by atoms with Gasteiger partial charge in [-0.3, -0.25) is 14.4 Å². The van der Waals surface area contributed by atoms with Crippen molar-refractivity contribution in [3.63, 3.8) is 0 Å². The number of para-hydroxylation sites is 1. The van der Waals surface area contributed by atoms with Crippen LogP contribution in [-0.2, 0) is 19.1 Å². The van der Waals surface area contributed by atoms with Crippen molar-refractivity contribution in [2.24, 2.45) is 11.8 Å². The molecule has 4 heterocycles. The topological polar surface area (TPSA) is 87.1 Å². The zero-order valence-corrected chi connectivity index (χ0v) is 19.7. The number of cyclic esters (lactones) is 1. The lowest BCUT2D eigenvalue weighted by Gasteiger charge is -2.37. The summed E-state index contributed by atoms with van der Waals surface area (Å²) in [5.74, 6) is -2.50. The van der Waals surface area contributed by atoms with E-state index in [1.165, 1.54) is 16.7 Å². The normalized spacial score (nSPS) is 35.5. The highest BCUT2D eigenvalue weighted by Crippen LogP contribution is 2.65. The molecular weight excluding hydrogens is 464 g/mol. The molecule has 1 N–H and O–H groups in total. The number of carbonyl (C=O) groups excluding carboxylic acids is 3. The van der Waals surface area contributed by atoms with Crippen LogP contribution in [-0.4, -0.2) is 69.6 Å². The number of aliphatic hydroxyl groups excluding tert-OH is 1. The van der Waals surface area contributed by atoms with Gasteiger partial charge in [0.15, 0.2) is 0 Å².